The van der Waals surface area contributed by atoms with E-state index in [1.54, 1.807) is 0 Å². The summed E-state index contributed by atoms with van der Waals surface area (Å²) < 4.78 is 5.17. The highest BCUT2D eigenvalue weighted by Gasteiger charge is 2.12. The van der Waals surface area contributed by atoms with E-state index in [1.165, 1.54) is 0 Å². The number of ether oxygens (including phenoxy) is 1. The van der Waals surface area contributed by atoms with Crippen LogP contribution < -0.4 is 5.73 Å². The van der Waals surface area contributed by atoms with E-state index >= 15 is 0 Å². The summed E-state index contributed by atoms with van der Waals surface area (Å²) in [5, 5.41) is 8.68. The van der Waals surface area contributed by atoms with E-state index in [4.69, 9.17) is 15.6 Å². The highest BCUT2D eigenvalue weighted by molar-refractivity contribution is 4.69. The van der Waals surface area contributed by atoms with Gasteiger partial charge in [-0.2, -0.15) is 0 Å². The molecule has 0 aromatic rings. The normalized spacial score (nSPS) is 23.5. The molecule has 1 fully saturated rings. The highest BCUT2D eigenvalue weighted by atomic mass is 16.5. The molecule has 3 N–H and O–H groups in total. The van der Waals surface area contributed by atoms with Crippen LogP contribution in [0, 0.1) is 0 Å². The molecule has 1 aliphatic heterocycles. The van der Waals surface area contributed by atoms with Crippen molar-refractivity contribution in [3.63, 3.8) is 0 Å². The first kappa shape index (κ1) is 8.93. The summed E-state index contributed by atoms with van der Waals surface area (Å²) in [6, 6.07) is -0.104. The Balaban J connectivity index is 2.13. The zero-order valence-corrected chi connectivity index (χ0v) is 6.70. The van der Waals surface area contributed by atoms with E-state index in [0.29, 0.717) is 0 Å². The summed E-state index contributed by atoms with van der Waals surface area (Å²) in [6.07, 6.45) is 0. The van der Waals surface area contributed by atoms with Crippen molar-refractivity contribution < 1.29 is 9.84 Å². The van der Waals surface area contributed by atoms with E-state index in [9.17, 15) is 0 Å². The SMILES string of the molecule is N[C@H](CO)CN1CCOCC1. The molecule has 1 aliphatic rings. The Bertz CT molecular complexity index is 105. The van der Waals surface area contributed by atoms with Crippen LogP contribution in [0.2, 0.25) is 0 Å². The maximum atomic E-state index is 8.68. The minimum Gasteiger partial charge on any atom is -0.395 e. The fraction of sp³-hybridized carbons (Fsp3) is 1.00. The minimum atomic E-state index is -0.104. The Morgan fingerprint density at radius 2 is 2.09 bits per heavy atom. The van der Waals surface area contributed by atoms with Gasteiger partial charge in [0.15, 0.2) is 0 Å². The molecule has 1 atom stereocenters. The highest BCUT2D eigenvalue weighted by Crippen LogP contribution is 1.96. The van der Waals surface area contributed by atoms with E-state index in [2.05, 4.69) is 4.90 Å². The molecule has 11 heavy (non-hydrogen) atoms. The fourth-order valence-corrected chi connectivity index (χ4v) is 1.17. The van der Waals surface area contributed by atoms with Gasteiger partial charge in [-0.25, -0.2) is 0 Å². The van der Waals surface area contributed by atoms with Gasteiger partial charge in [-0.3, -0.25) is 4.90 Å². The summed E-state index contributed by atoms with van der Waals surface area (Å²) in [5.41, 5.74) is 5.57. The summed E-state index contributed by atoms with van der Waals surface area (Å²) in [4.78, 5) is 2.21. The number of nitrogens with two attached hydrogens (primary N) is 1. The predicted octanol–water partition coefficient (Wildman–Crippen LogP) is -1.36. The lowest BCUT2D eigenvalue weighted by Crippen LogP contribution is -2.44. The number of aliphatic hydroxyl groups is 1. The van der Waals surface area contributed by atoms with Crippen LogP contribution in [0.15, 0.2) is 0 Å². The Hall–Kier alpha value is -0.160. The zero-order chi connectivity index (χ0) is 8.10. The smallest absolute Gasteiger partial charge is 0.0595 e. The molecule has 0 saturated carbocycles. The maximum Gasteiger partial charge on any atom is 0.0595 e. The lowest BCUT2D eigenvalue weighted by molar-refractivity contribution is 0.0324. The maximum absolute atomic E-state index is 8.68. The minimum absolute atomic E-state index is 0.0668. The predicted molar refractivity (Wildman–Crippen MR) is 42.3 cm³/mol. The molecule has 66 valence electrons. The lowest BCUT2D eigenvalue weighted by Gasteiger charge is -2.28. The molecule has 0 aliphatic carbocycles. The van der Waals surface area contributed by atoms with E-state index in [-0.39, 0.29) is 12.6 Å². The molecule has 1 heterocycles. The Morgan fingerprint density at radius 3 is 2.64 bits per heavy atom. The van der Waals surface area contributed by atoms with Gasteiger partial charge in [-0.15, -0.1) is 0 Å². The van der Waals surface area contributed by atoms with Crippen LogP contribution >= 0.6 is 0 Å². The molecule has 0 aromatic carbocycles. The zero-order valence-electron chi connectivity index (χ0n) is 6.70. The third-order valence-electron chi connectivity index (χ3n) is 1.83. The van der Waals surface area contributed by atoms with Gasteiger partial charge in [0.2, 0.25) is 0 Å². The average Bonchev–Trinajstić information content (AvgIpc) is 2.06. The standard InChI is InChI=1S/C7H16N2O2/c8-7(6-10)5-9-1-3-11-4-2-9/h7,10H,1-6,8H2/t7-/m0/s1. The van der Waals surface area contributed by atoms with Crippen molar-refractivity contribution in [2.24, 2.45) is 5.73 Å². The van der Waals surface area contributed by atoms with E-state index in [0.717, 1.165) is 32.8 Å². The van der Waals surface area contributed by atoms with Crippen LogP contribution in [0.3, 0.4) is 0 Å². The quantitative estimate of drug-likeness (QED) is 0.535. The number of aliphatic hydroxyl groups excluding tert-OH is 1. The second kappa shape index (κ2) is 4.66. The van der Waals surface area contributed by atoms with Crippen molar-refractivity contribution in [3.05, 3.63) is 0 Å². The number of nitrogens with zero attached hydrogens (tertiary/aromatic N) is 1. The van der Waals surface area contributed by atoms with Crippen molar-refractivity contribution in [1.29, 1.82) is 0 Å². The Kier molecular flexibility index (Phi) is 3.79. The first-order valence-corrected chi connectivity index (χ1v) is 3.99. The van der Waals surface area contributed by atoms with Gasteiger partial charge >= 0.3 is 0 Å². The molecule has 0 amide bonds. The Morgan fingerprint density at radius 1 is 1.45 bits per heavy atom. The van der Waals surface area contributed by atoms with Crippen molar-refractivity contribution in [1.82, 2.24) is 4.90 Å². The molecule has 0 radical (unpaired) electrons. The fourth-order valence-electron chi connectivity index (χ4n) is 1.17. The van der Waals surface area contributed by atoms with Crippen molar-refractivity contribution in [2.75, 3.05) is 39.5 Å². The molecular weight excluding hydrogens is 144 g/mol. The van der Waals surface area contributed by atoms with Gasteiger partial charge in [-0.1, -0.05) is 0 Å². The summed E-state index contributed by atoms with van der Waals surface area (Å²) in [7, 11) is 0. The summed E-state index contributed by atoms with van der Waals surface area (Å²) >= 11 is 0. The van der Waals surface area contributed by atoms with Crippen LogP contribution in [-0.4, -0.2) is 55.5 Å². The van der Waals surface area contributed by atoms with Crippen LogP contribution in [0.1, 0.15) is 0 Å². The molecule has 4 nitrogen and oxygen atoms in total. The molecule has 4 heteroatoms. The molecular formula is C7H16N2O2. The monoisotopic (exact) mass is 160 g/mol. The Labute approximate surface area is 66.9 Å². The summed E-state index contributed by atoms with van der Waals surface area (Å²) in [6.45, 7) is 4.30. The van der Waals surface area contributed by atoms with Crippen molar-refractivity contribution >= 4 is 0 Å². The lowest BCUT2D eigenvalue weighted by atomic mass is 10.3. The molecule has 0 aromatic heterocycles. The van der Waals surface area contributed by atoms with E-state index < -0.39 is 0 Å². The first-order chi connectivity index (χ1) is 5.33. The largest absolute Gasteiger partial charge is 0.395 e. The molecule has 0 spiro atoms. The second-order valence-electron chi connectivity index (χ2n) is 2.86. The molecule has 0 unspecified atom stereocenters. The topological polar surface area (TPSA) is 58.7 Å². The van der Waals surface area contributed by atoms with Crippen LogP contribution in [0.5, 0.6) is 0 Å². The molecule has 1 rings (SSSR count). The molecule has 0 bridgehead atoms. The van der Waals surface area contributed by atoms with Gasteiger partial charge in [0.1, 0.15) is 0 Å². The number of morpholine rings is 1. The van der Waals surface area contributed by atoms with Crippen LogP contribution in [-0.2, 0) is 4.74 Å². The van der Waals surface area contributed by atoms with Gasteiger partial charge in [0.25, 0.3) is 0 Å². The third-order valence-corrected chi connectivity index (χ3v) is 1.83. The summed E-state index contributed by atoms with van der Waals surface area (Å²) in [5.74, 6) is 0. The van der Waals surface area contributed by atoms with Gasteiger partial charge in [0, 0.05) is 25.7 Å². The van der Waals surface area contributed by atoms with Gasteiger partial charge < -0.3 is 15.6 Å². The van der Waals surface area contributed by atoms with Crippen molar-refractivity contribution in [3.8, 4) is 0 Å². The average molecular weight is 160 g/mol. The van der Waals surface area contributed by atoms with E-state index in [1.807, 2.05) is 0 Å². The number of hydrogen-bond acceptors (Lipinski definition) is 4. The van der Waals surface area contributed by atoms with Crippen molar-refractivity contribution in [2.45, 2.75) is 6.04 Å². The third kappa shape index (κ3) is 3.16. The van der Waals surface area contributed by atoms with Crippen LogP contribution in [0.4, 0.5) is 0 Å². The van der Waals surface area contributed by atoms with Gasteiger partial charge in [0.05, 0.1) is 19.8 Å². The molecule has 1 saturated heterocycles. The first-order valence-electron chi connectivity index (χ1n) is 3.99. The second-order valence-corrected chi connectivity index (χ2v) is 2.86. The number of rotatable bonds is 3. The van der Waals surface area contributed by atoms with Gasteiger partial charge in [-0.05, 0) is 0 Å². The number of hydrogen-bond donors (Lipinski definition) is 2. The van der Waals surface area contributed by atoms with Crippen LogP contribution in [0.25, 0.3) is 0 Å².